The fourth-order valence-corrected chi connectivity index (χ4v) is 1.85. The smallest absolute Gasteiger partial charge is 0.328 e. The van der Waals surface area contributed by atoms with Crippen LogP contribution in [0.2, 0.25) is 0 Å². The minimum atomic E-state index is -0.634. The molecule has 1 aromatic carbocycles. The lowest BCUT2D eigenvalue weighted by Gasteiger charge is -2.20. The molecule has 1 aromatic rings. The van der Waals surface area contributed by atoms with E-state index in [-0.39, 0.29) is 18.4 Å². The van der Waals surface area contributed by atoms with Crippen LogP contribution in [-0.4, -0.2) is 38.2 Å². The summed E-state index contributed by atoms with van der Waals surface area (Å²) < 4.78 is 10.0. The molecular formula is C16H24N2O4. The quantitative estimate of drug-likeness (QED) is 0.716. The Bertz CT molecular complexity index is 485. The summed E-state index contributed by atoms with van der Waals surface area (Å²) in [6.45, 7) is 5.83. The van der Waals surface area contributed by atoms with Crippen LogP contribution < -0.4 is 15.4 Å². The van der Waals surface area contributed by atoms with Crippen LogP contribution in [0.5, 0.6) is 5.75 Å². The van der Waals surface area contributed by atoms with Gasteiger partial charge in [-0.2, -0.15) is 0 Å². The molecule has 1 amide bonds. The molecular weight excluding hydrogens is 284 g/mol. The molecule has 0 bridgehead atoms. The molecule has 22 heavy (non-hydrogen) atoms. The Kier molecular flexibility index (Phi) is 7.22. The first-order valence-corrected chi connectivity index (χ1v) is 7.31. The van der Waals surface area contributed by atoms with Gasteiger partial charge in [0.25, 0.3) is 0 Å². The first kappa shape index (κ1) is 17.8. The lowest BCUT2D eigenvalue weighted by molar-refractivity contribution is -0.148. The molecule has 0 radical (unpaired) electrons. The number of carbonyl (C=O) groups is 2. The molecule has 0 heterocycles. The zero-order valence-corrected chi connectivity index (χ0v) is 13.5. The van der Waals surface area contributed by atoms with Gasteiger partial charge in [0, 0.05) is 5.69 Å². The molecule has 122 valence electrons. The predicted octanol–water partition coefficient (Wildman–Crippen LogP) is 1.81. The van der Waals surface area contributed by atoms with Gasteiger partial charge in [-0.3, -0.25) is 4.79 Å². The number of rotatable bonds is 8. The molecule has 0 saturated carbocycles. The summed E-state index contributed by atoms with van der Waals surface area (Å²) >= 11 is 0. The summed E-state index contributed by atoms with van der Waals surface area (Å²) in [6.07, 6.45) is 0. The highest BCUT2D eigenvalue weighted by Crippen LogP contribution is 2.14. The third-order valence-electron chi connectivity index (χ3n) is 3.07. The largest absolute Gasteiger partial charge is 0.497 e. The maximum absolute atomic E-state index is 12.0. The summed E-state index contributed by atoms with van der Waals surface area (Å²) in [5.41, 5.74) is 0.799. The highest BCUT2D eigenvalue weighted by atomic mass is 16.5. The number of anilines is 1. The molecule has 1 rings (SSSR count). The maximum Gasteiger partial charge on any atom is 0.328 e. The van der Waals surface area contributed by atoms with Gasteiger partial charge in [-0.25, -0.2) is 4.79 Å². The summed E-state index contributed by atoms with van der Waals surface area (Å²) in [6, 6.07) is 6.60. The van der Waals surface area contributed by atoms with Crippen molar-refractivity contribution >= 4 is 17.6 Å². The number of methoxy groups -OCH3 is 1. The molecule has 0 aliphatic rings. The number of hydrogen-bond donors (Lipinski definition) is 2. The molecule has 0 aliphatic heterocycles. The van der Waals surface area contributed by atoms with Crippen LogP contribution in [0.25, 0.3) is 0 Å². The molecule has 6 heteroatoms. The van der Waals surface area contributed by atoms with E-state index in [1.807, 2.05) is 26.0 Å². The second-order valence-electron chi connectivity index (χ2n) is 5.12. The van der Waals surface area contributed by atoms with Gasteiger partial charge in [0.15, 0.2) is 0 Å². The Labute approximate surface area is 131 Å². The van der Waals surface area contributed by atoms with Crippen molar-refractivity contribution in [3.8, 4) is 5.75 Å². The summed E-state index contributed by atoms with van der Waals surface area (Å²) in [7, 11) is 1.59. The van der Waals surface area contributed by atoms with Crippen LogP contribution in [0.3, 0.4) is 0 Å². The second kappa shape index (κ2) is 8.92. The Hall–Kier alpha value is -2.24. The predicted molar refractivity (Wildman–Crippen MR) is 84.9 cm³/mol. The van der Waals surface area contributed by atoms with Gasteiger partial charge in [-0.1, -0.05) is 13.8 Å². The van der Waals surface area contributed by atoms with Gasteiger partial charge in [0.05, 0.1) is 20.3 Å². The number of carbonyl (C=O) groups excluding carboxylic acids is 2. The molecule has 0 aliphatic carbocycles. The van der Waals surface area contributed by atoms with Gasteiger partial charge in [-0.05, 0) is 37.1 Å². The second-order valence-corrected chi connectivity index (χ2v) is 5.12. The molecule has 0 fully saturated rings. The molecule has 1 atom stereocenters. The third kappa shape index (κ3) is 5.63. The van der Waals surface area contributed by atoms with Crippen LogP contribution in [-0.2, 0) is 14.3 Å². The minimum Gasteiger partial charge on any atom is -0.497 e. The molecule has 1 unspecified atom stereocenters. The third-order valence-corrected chi connectivity index (χ3v) is 3.07. The number of hydrogen-bond acceptors (Lipinski definition) is 5. The van der Waals surface area contributed by atoms with Gasteiger partial charge in [-0.15, -0.1) is 0 Å². The van der Waals surface area contributed by atoms with Crippen molar-refractivity contribution in [2.24, 2.45) is 5.92 Å². The molecule has 0 aromatic heterocycles. The highest BCUT2D eigenvalue weighted by molar-refractivity contribution is 5.87. The van der Waals surface area contributed by atoms with Crippen LogP contribution in [0.15, 0.2) is 24.3 Å². The average molecular weight is 308 g/mol. The Balaban J connectivity index is 2.50. The number of amides is 1. The van der Waals surface area contributed by atoms with Gasteiger partial charge < -0.3 is 20.1 Å². The van der Waals surface area contributed by atoms with Gasteiger partial charge >= 0.3 is 5.97 Å². The van der Waals surface area contributed by atoms with Crippen LogP contribution in [0, 0.1) is 5.92 Å². The highest BCUT2D eigenvalue weighted by Gasteiger charge is 2.25. The Morgan fingerprint density at radius 2 is 1.82 bits per heavy atom. The fourth-order valence-electron chi connectivity index (χ4n) is 1.85. The van der Waals surface area contributed by atoms with E-state index in [1.54, 1.807) is 26.2 Å². The van der Waals surface area contributed by atoms with E-state index in [0.717, 1.165) is 11.4 Å². The van der Waals surface area contributed by atoms with Crippen LogP contribution in [0.4, 0.5) is 5.69 Å². The van der Waals surface area contributed by atoms with Crippen LogP contribution in [0.1, 0.15) is 20.8 Å². The van der Waals surface area contributed by atoms with Crippen molar-refractivity contribution in [2.75, 3.05) is 25.6 Å². The van der Waals surface area contributed by atoms with E-state index in [1.165, 1.54) is 0 Å². The topological polar surface area (TPSA) is 76.7 Å². The van der Waals surface area contributed by atoms with E-state index < -0.39 is 12.0 Å². The van der Waals surface area contributed by atoms with Crippen molar-refractivity contribution in [2.45, 2.75) is 26.8 Å². The standard InChI is InChI=1S/C16H24N2O4/c1-5-22-16(20)15(11(2)3)18-14(19)10-17-12-6-8-13(21-4)9-7-12/h6-9,11,15,17H,5,10H2,1-4H3,(H,18,19). The van der Waals surface area contributed by atoms with Crippen molar-refractivity contribution in [3.63, 3.8) is 0 Å². The fraction of sp³-hybridized carbons (Fsp3) is 0.500. The number of esters is 1. The number of nitrogens with one attached hydrogen (secondary N) is 2. The van der Waals surface area contributed by atoms with Crippen molar-refractivity contribution in [3.05, 3.63) is 24.3 Å². The Morgan fingerprint density at radius 3 is 2.32 bits per heavy atom. The summed E-state index contributed by atoms with van der Waals surface area (Å²) in [5.74, 6) is 0.0408. The molecule has 6 nitrogen and oxygen atoms in total. The molecule has 0 saturated heterocycles. The maximum atomic E-state index is 12.0. The van der Waals surface area contributed by atoms with E-state index in [9.17, 15) is 9.59 Å². The zero-order chi connectivity index (χ0) is 16.5. The lowest BCUT2D eigenvalue weighted by Crippen LogP contribution is -2.47. The molecule has 2 N–H and O–H groups in total. The van der Waals surface area contributed by atoms with Crippen molar-refractivity contribution in [1.82, 2.24) is 5.32 Å². The monoisotopic (exact) mass is 308 g/mol. The van der Waals surface area contributed by atoms with E-state index in [0.29, 0.717) is 6.61 Å². The van der Waals surface area contributed by atoms with E-state index >= 15 is 0 Å². The van der Waals surface area contributed by atoms with Crippen molar-refractivity contribution < 1.29 is 19.1 Å². The summed E-state index contributed by atoms with van der Waals surface area (Å²) in [5, 5.41) is 5.68. The lowest BCUT2D eigenvalue weighted by atomic mass is 10.0. The normalized spacial score (nSPS) is 11.7. The minimum absolute atomic E-state index is 0.0380. The Morgan fingerprint density at radius 1 is 1.18 bits per heavy atom. The first-order chi connectivity index (χ1) is 10.5. The van der Waals surface area contributed by atoms with Gasteiger partial charge in [0.2, 0.25) is 5.91 Å². The first-order valence-electron chi connectivity index (χ1n) is 7.31. The number of benzene rings is 1. The molecule has 0 spiro atoms. The van der Waals surface area contributed by atoms with Gasteiger partial charge in [0.1, 0.15) is 11.8 Å². The SMILES string of the molecule is CCOC(=O)C(NC(=O)CNc1ccc(OC)cc1)C(C)C. The average Bonchev–Trinajstić information content (AvgIpc) is 2.51. The number of ether oxygens (including phenoxy) is 2. The van der Waals surface area contributed by atoms with Crippen LogP contribution >= 0.6 is 0 Å². The summed E-state index contributed by atoms with van der Waals surface area (Å²) in [4.78, 5) is 23.8. The zero-order valence-electron chi connectivity index (χ0n) is 13.5. The van der Waals surface area contributed by atoms with E-state index in [4.69, 9.17) is 9.47 Å². The van der Waals surface area contributed by atoms with Crippen molar-refractivity contribution in [1.29, 1.82) is 0 Å². The van der Waals surface area contributed by atoms with E-state index in [2.05, 4.69) is 10.6 Å².